The molecule has 160 valence electrons. The molecule has 0 bridgehead atoms. The van der Waals surface area contributed by atoms with E-state index in [4.69, 9.17) is 14.2 Å². The number of rotatable bonds is 4. The minimum Gasteiger partial charge on any atom is -0.458 e. The Morgan fingerprint density at radius 1 is 1.13 bits per heavy atom. The minimum atomic E-state index is -1.71. The molecular weight excluding hydrogens is 388 g/mol. The lowest BCUT2D eigenvalue weighted by molar-refractivity contribution is -0.175. The van der Waals surface area contributed by atoms with Crippen LogP contribution < -0.4 is 0 Å². The Morgan fingerprint density at radius 3 is 2.30 bits per heavy atom. The first-order chi connectivity index (χ1) is 13.9. The van der Waals surface area contributed by atoms with Crippen molar-refractivity contribution >= 4 is 23.7 Å². The number of esters is 3. The standard InChI is InChI=1S/C23H26O7/c1-10(2)20(25)28-15-9-13(6)16-14(24)8-12(5)17(16)19-18(15)23(7,22(27)29-19)30-21(26)11(3)4/h8,15,17-19H,1,3,9H2,2,4-7H3. The molecule has 3 aliphatic rings. The van der Waals surface area contributed by atoms with Gasteiger partial charge in [-0.15, -0.1) is 0 Å². The summed E-state index contributed by atoms with van der Waals surface area (Å²) in [4.78, 5) is 50.3. The second kappa shape index (κ2) is 7.38. The first-order valence-corrected chi connectivity index (χ1v) is 9.77. The summed E-state index contributed by atoms with van der Waals surface area (Å²) >= 11 is 0. The van der Waals surface area contributed by atoms with Crippen molar-refractivity contribution < 1.29 is 33.4 Å². The molecule has 1 heterocycles. The van der Waals surface area contributed by atoms with Crippen molar-refractivity contribution in [2.45, 2.75) is 58.8 Å². The number of hydrogen-bond acceptors (Lipinski definition) is 7. The molecule has 3 rings (SSSR count). The van der Waals surface area contributed by atoms with E-state index in [2.05, 4.69) is 13.2 Å². The molecule has 5 atom stereocenters. The van der Waals surface area contributed by atoms with Crippen LogP contribution in [-0.2, 0) is 33.4 Å². The fourth-order valence-corrected chi connectivity index (χ4v) is 4.54. The third-order valence-electron chi connectivity index (χ3n) is 6.02. The largest absolute Gasteiger partial charge is 0.458 e. The van der Waals surface area contributed by atoms with Gasteiger partial charge in [0.25, 0.3) is 0 Å². The van der Waals surface area contributed by atoms with Crippen molar-refractivity contribution in [1.82, 2.24) is 0 Å². The smallest absolute Gasteiger partial charge is 0.351 e. The Bertz CT molecular complexity index is 951. The van der Waals surface area contributed by atoms with Gasteiger partial charge in [-0.1, -0.05) is 24.3 Å². The highest BCUT2D eigenvalue weighted by Gasteiger charge is 2.65. The fourth-order valence-electron chi connectivity index (χ4n) is 4.54. The van der Waals surface area contributed by atoms with Crippen LogP contribution in [-0.4, -0.2) is 41.5 Å². The SMILES string of the molecule is C=C(C)C(=O)OC1CC(C)=C2C(=O)C=C(C)C2C2OC(=O)C(C)(OC(=O)C(=C)C)C12. The molecule has 0 aromatic carbocycles. The predicted octanol–water partition coefficient (Wildman–Crippen LogP) is 2.76. The molecular formula is C23H26O7. The monoisotopic (exact) mass is 414 g/mol. The lowest BCUT2D eigenvalue weighted by Gasteiger charge is -2.34. The van der Waals surface area contributed by atoms with Gasteiger partial charge in [0, 0.05) is 29.1 Å². The number of ketones is 1. The number of ether oxygens (including phenoxy) is 3. The molecule has 1 fully saturated rings. The molecule has 5 unspecified atom stereocenters. The zero-order chi connectivity index (χ0) is 22.5. The molecule has 0 spiro atoms. The average molecular weight is 414 g/mol. The fraction of sp³-hybridized carbons (Fsp3) is 0.478. The highest BCUT2D eigenvalue weighted by Crippen LogP contribution is 2.51. The second-order valence-electron chi connectivity index (χ2n) is 8.53. The Hall–Kier alpha value is -2.96. The lowest BCUT2D eigenvalue weighted by Crippen LogP contribution is -2.50. The molecule has 0 aromatic heterocycles. The zero-order valence-electron chi connectivity index (χ0n) is 17.9. The van der Waals surface area contributed by atoms with Crippen LogP contribution in [0.2, 0.25) is 0 Å². The summed E-state index contributed by atoms with van der Waals surface area (Å²) in [5.74, 6) is -3.56. The summed E-state index contributed by atoms with van der Waals surface area (Å²) in [6.45, 7) is 15.2. The van der Waals surface area contributed by atoms with Crippen molar-refractivity contribution in [2.75, 3.05) is 0 Å². The van der Waals surface area contributed by atoms with E-state index in [1.807, 2.05) is 0 Å². The van der Waals surface area contributed by atoms with Gasteiger partial charge >= 0.3 is 17.9 Å². The maximum absolute atomic E-state index is 12.9. The summed E-state index contributed by atoms with van der Waals surface area (Å²) in [7, 11) is 0. The number of carbonyl (C=O) groups is 4. The highest BCUT2D eigenvalue weighted by molar-refractivity contribution is 6.09. The first kappa shape index (κ1) is 21.7. The number of hydrogen-bond donors (Lipinski definition) is 0. The van der Waals surface area contributed by atoms with Gasteiger partial charge in [0.05, 0.1) is 5.92 Å². The maximum Gasteiger partial charge on any atom is 0.351 e. The Kier molecular flexibility index (Phi) is 5.35. The lowest BCUT2D eigenvalue weighted by atomic mass is 9.77. The second-order valence-corrected chi connectivity index (χ2v) is 8.53. The number of fused-ring (bicyclic) bond motifs is 3. The van der Waals surface area contributed by atoms with Crippen LogP contribution in [0.1, 0.15) is 41.0 Å². The molecule has 30 heavy (non-hydrogen) atoms. The van der Waals surface area contributed by atoms with Crippen molar-refractivity contribution in [3.8, 4) is 0 Å². The quantitative estimate of drug-likeness (QED) is 0.396. The summed E-state index contributed by atoms with van der Waals surface area (Å²) < 4.78 is 17.0. The topological polar surface area (TPSA) is 96.0 Å². The van der Waals surface area contributed by atoms with Crippen LogP contribution in [0.3, 0.4) is 0 Å². The van der Waals surface area contributed by atoms with E-state index < -0.39 is 47.6 Å². The summed E-state index contributed by atoms with van der Waals surface area (Å²) in [5, 5.41) is 0. The van der Waals surface area contributed by atoms with Crippen molar-refractivity contribution in [2.24, 2.45) is 11.8 Å². The molecule has 0 radical (unpaired) electrons. The van der Waals surface area contributed by atoms with Crippen LogP contribution in [0, 0.1) is 11.8 Å². The summed E-state index contributed by atoms with van der Waals surface area (Å²) in [6, 6.07) is 0. The van der Waals surface area contributed by atoms with Crippen LogP contribution in [0.25, 0.3) is 0 Å². The normalized spacial score (nSPS) is 32.5. The van der Waals surface area contributed by atoms with Gasteiger partial charge in [0.15, 0.2) is 5.78 Å². The highest BCUT2D eigenvalue weighted by atomic mass is 16.6. The molecule has 0 amide bonds. The van der Waals surface area contributed by atoms with E-state index in [9.17, 15) is 19.2 Å². The van der Waals surface area contributed by atoms with E-state index >= 15 is 0 Å². The molecule has 1 saturated heterocycles. The van der Waals surface area contributed by atoms with Gasteiger partial charge in [-0.3, -0.25) is 4.79 Å². The van der Waals surface area contributed by atoms with Gasteiger partial charge in [-0.25, -0.2) is 14.4 Å². The summed E-state index contributed by atoms with van der Waals surface area (Å²) in [5.41, 5.74) is 0.649. The van der Waals surface area contributed by atoms with Gasteiger partial charge in [-0.2, -0.15) is 0 Å². The van der Waals surface area contributed by atoms with Crippen molar-refractivity contribution in [1.29, 1.82) is 0 Å². The van der Waals surface area contributed by atoms with E-state index in [0.717, 1.165) is 11.1 Å². The number of carbonyl (C=O) groups excluding carboxylic acids is 4. The first-order valence-electron chi connectivity index (χ1n) is 9.77. The van der Waals surface area contributed by atoms with Crippen LogP contribution in [0.5, 0.6) is 0 Å². The Morgan fingerprint density at radius 2 is 1.73 bits per heavy atom. The third kappa shape index (κ3) is 3.32. The Labute approximate surface area is 175 Å². The molecule has 1 aliphatic heterocycles. The van der Waals surface area contributed by atoms with Crippen molar-refractivity contribution in [3.05, 3.63) is 47.1 Å². The van der Waals surface area contributed by atoms with Crippen molar-refractivity contribution in [3.63, 3.8) is 0 Å². The summed E-state index contributed by atoms with van der Waals surface area (Å²) in [6.07, 6.45) is 0.0608. The predicted molar refractivity (Wildman–Crippen MR) is 107 cm³/mol. The number of allylic oxidation sites excluding steroid dienone is 1. The molecule has 7 nitrogen and oxygen atoms in total. The third-order valence-corrected chi connectivity index (χ3v) is 6.02. The van der Waals surface area contributed by atoms with Gasteiger partial charge in [0.2, 0.25) is 5.60 Å². The molecule has 0 N–H and O–H groups in total. The van der Waals surface area contributed by atoms with Crippen LogP contribution in [0.4, 0.5) is 0 Å². The van der Waals surface area contributed by atoms with Gasteiger partial charge < -0.3 is 14.2 Å². The van der Waals surface area contributed by atoms with E-state index in [1.165, 1.54) is 26.8 Å². The van der Waals surface area contributed by atoms with E-state index in [0.29, 0.717) is 5.57 Å². The molecule has 0 aromatic rings. The van der Waals surface area contributed by atoms with E-state index in [-0.39, 0.29) is 23.4 Å². The zero-order valence-corrected chi connectivity index (χ0v) is 17.9. The van der Waals surface area contributed by atoms with E-state index in [1.54, 1.807) is 13.8 Å². The Balaban J connectivity index is 2.13. The van der Waals surface area contributed by atoms with Crippen LogP contribution >= 0.6 is 0 Å². The maximum atomic E-state index is 12.9. The molecule has 2 aliphatic carbocycles. The van der Waals surface area contributed by atoms with Gasteiger partial charge in [0.1, 0.15) is 12.2 Å². The minimum absolute atomic E-state index is 0.124. The van der Waals surface area contributed by atoms with Crippen LogP contribution in [0.15, 0.2) is 47.1 Å². The average Bonchev–Trinajstić information content (AvgIpc) is 3.01. The van der Waals surface area contributed by atoms with Gasteiger partial charge in [-0.05, 0) is 40.7 Å². The molecule has 7 heteroatoms. The molecule has 0 saturated carbocycles.